The SMILES string of the molecule is COc1cc(OC)cc(Oc2c(OC)cc(OC)cc2OC)c1. The van der Waals surface area contributed by atoms with Gasteiger partial charge in [0, 0.05) is 30.3 Å². The van der Waals surface area contributed by atoms with E-state index < -0.39 is 0 Å². The Morgan fingerprint density at radius 2 is 0.870 bits per heavy atom. The van der Waals surface area contributed by atoms with E-state index in [0.29, 0.717) is 40.2 Å². The molecule has 0 aliphatic carbocycles. The van der Waals surface area contributed by atoms with Crippen molar-refractivity contribution in [1.29, 1.82) is 0 Å². The number of hydrogen-bond donors (Lipinski definition) is 0. The molecule has 0 saturated carbocycles. The number of methoxy groups -OCH3 is 5. The Labute approximate surface area is 135 Å². The first kappa shape index (κ1) is 16.6. The number of rotatable bonds is 7. The van der Waals surface area contributed by atoms with Gasteiger partial charge in [-0.15, -0.1) is 0 Å². The topological polar surface area (TPSA) is 55.4 Å². The van der Waals surface area contributed by atoms with Gasteiger partial charge in [-0.2, -0.15) is 0 Å². The molecule has 23 heavy (non-hydrogen) atoms. The normalized spacial score (nSPS) is 9.96. The van der Waals surface area contributed by atoms with Crippen molar-refractivity contribution < 1.29 is 28.4 Å². The number of ether oxygens (including phenoxy) is 6. The van der Waals surface area contributed by atoms with E-state index in [4.69, 9.17) is 28.4 Å². The first-order chi connectivity index (χ1) is 11.1. The van der Waals surface area contributed by atoms with E-state index in [1.165, 1.54) is 0 Å². The molecular weight excluding hydrogens is 300 g/mol. The molecule has 0 aliphatic rings. The van der Waals surface area contributed by atoms with Crippen LogP contribution in [0.15, 0.2) is 30.3 Å². The Hall–Kier alpha value is -2.76. The first-order valence-corrected chi connectivity index (χ1v) is 6.86. The molecule has 6 heteroatoms. The van der Waals surface area contributed by atoms with Crippen LogP contribution < -0.4 is 28.4 Å². The third-order valence-electron chi connectivity index (χ3n) is 3.21. The van der Waals surface area contributed by atoms with Gasteiger partial charge in [0.2, 0.25) is 5.75 Å². The Balaban J connectivity index is 2.46. The minimum Gasteiger partial charge on any atom is -0.496 e. The lowest BCUT2D eigenvalue weighted by Crippen LogP contribution is -1.97. The highest BCUT2D eigenvalue weighted by Gasteiger charge is 2.16. The van der Waals surface area contributed by atoms with E-state index in [-0.39, 0.29) is 0 Å². The third kappa shape index (κ3) is 3.71. The molecule has 0 N–H and O–H groups in total. The van der Waals surface area contributed by atoms with Crippen molar-refractivity contribution in [1.82, 2.24) is 0 Å². The summed E-state index contributed by atoms with van der Waals surface area (Å²) in [6.45, 7) is 0. The van der Waals surface area contributed by atoms with Crippen LogP contribution in [-0.4, -0.2) is 35.5 Å². The van der Waals surface area contributed by atoms with Gasteiger partial charge in [-0.25, -0.2) is 0 Å². The van der Waals surface area contributed by atoms with E-state index in [0.717, 1.165) is 0 Å². The summed E-state index contributed by atoms with van der Waals surface area (Å²) in [5.74, 6) is 3.78. The van der Waals surface area contributed by atoms with E-state index in [1.54, 1.807) is 65.9 Å². The van der Waals surface area contributed by atoms with Gasteiger partial charge in [-0.1, -0.05) is 0 Å². The average molecular weight is 320 g/mol. The fourth-order valence-electron chi connectivity index (χ4n) is 2.03. The molecule has 2 rings (SSSR count). The molecule has 0 amide bonds. The minimum atomic E-state index is 0.436. The van der Waals surface area contributed by atoms with Crippen molar-refractivity contribution in [2.75, 3.05) is 35.5 Å². The molecule has 0 unspecified atom stereocenters. The van der Waals surface area contributed by atoms with E-state index in [2.05, 4.69) is 0 Å². The van der Waals surface area contributed by atoms with Gasteiger partial charge in [0.25, 0.3) is 0 Å². The summed E-state index contributed by atoms with van der Waals surface area (Å²) in [4.78, 5) is 0. The summed E-state index contributed by atoms with van der Waals surface area (Å²) in [6.07, 6.45) is 0. The molecule has 0 bridgehead atoms. The fourth-order valence-corrected chi connectivity index (χ4v) is 2.03. The van der Waals surface area contributed by atoms with Crippen molar-refractivity contribution in [2.45, 2.75) is 0 Å². The quantitative estimate of drug-likeness (QED) is 0.778. The lowest BCUT2D eigenvalue weighted by Gasteiger charge is -2.16. The zero-order valence-corrected chi connectivity index (χ0v) is 13.8. The highest BCUT2D eigenvalue weighted by Crippen LogP contribution is 2.44. The summed E-state index contributed by atoms with van der Waals surface area (Å²) in [5.41, 5.74) is 0. The first-order valence-electron chi connectivity index (χ1n) is 6.86. The van der Waals surface area contributed by atoms with Crippen molar-refractivity contribution in [3.05, 3.63) is 30.3 Å². The minimum absolute atomic E-state index is 0.436. The molecule has 2 aromatic rings. The van der Waals surface area contributed by atoms with Gasteiger partial charge < -0.3 is 28.4 Å². The Morgan fingerprint density at radius 1 is 0.478 bits per heavy atom. The van der Waals surface area contributed by atoms with Crippen molar-refractivity contribution in [3.63, 3.8) is 0 Å². The van der Waals surface area contributed by atoms with Crippen LogP contribution in [-0.2, 0) is 0 Å². The Bertz CT molecular complexity index is 621. The lowest BCUT2D eigenvalue weighted by atomic mass is 10.2. The molecule has 0 fully saturated rings. The van der Waals surface area contributed by atoms with Crippen molar-refractivity contribution in [2.24, 2.45) is 0 Å². The van der Waals surface area contributed by atoms with Gasteiger partial charge in [0.15, 0.2) is 11.5 Å². The predicted octanol–water partition coefficient (Wildman–Crippen LogP) is 3.52. The Kier molecular flexibility index (Phi) is 5.41. The summed E-state index contributed by atoms with van der Waals surface area (Å²) in [5, 5.41) is 0. The highest BCUT2D eigenvalue weighted by atomic mass is 16.5. The largest absolute Gasteiger partial charge is 0.496 e. The Morgan fingerprint density at radius 3 is 1.26 bits per heavy atom. The molecule has 0 aliphatic heterocycles. The van der Waals surface area contributed by atoms with Crippen molar-refractivity contribution >= 4 is 0 Å². The van der Waals surface area contributed by atoms with E-state index >= 15 is 0 Å². The molecule has 6 nitrogen and oxygen atoms in total. The van der Waals surface area contributed by atoms with E-state index in [1.807, 2.05) is 0 Å². The molecule has 0 heterocycles. The molecule has 0 spiro atoms. The monoisotopic (exact) mass is 320 g/mol. The van der Waals surface area contributed by atoms with Gasteiger partial charge in [-0.05, 0) is 0 Å². The van der Waals surface area contributed by atoms with E-state index in [9.17, 15) is 0 Å². The summed E-state index contributed by atoms with van der Waals surface area (Å²) in [6, 6.07) is 8.68. The maximum atomic E-state index is 5.94. The standard InChI is InChI=1S/C17H20O6/c1-18-11-6-12(19-2)8-14(7-11)23-17-15(21-4)9-13(20-3)10-16(17)22-5/h6-10H,1-5H3. The number of hydrogen-bond acceptors (Lipinski definition) is 6. The second-order valence-corrected chi connectivity index (χ2v) is 4.51. The fraction of sp³-hybridized carbons (Fsp3) is 0.294. The molecule has 124 valence electrons. The van der Waals surface area contributed by atoms with Gasteiger partial charge in [0.1, 0.15) is 23.0 Å². The molecule has 0 aromatic heterocycles. The van der Waals surface area contributed by atoms with Gasteiger partial charge >= 0.3 is 0 Å². The predicted molar refractivity (Wildman–Crippen MR) is 85.7 cm³/mol. The molecule has 0 atom stereocenters. The van der Waals surface area contributed by atoms with Gasteiger partial charge in [-0.3, -0.25) is 0 Å². The second kappa shape index (κ2) is 7.49. The van der Waals surface area contributed by atoms with Crippen molar-refractivity contribution in [3.8, 4) is 40.2 Å². The average Bonchev–Trinajstić information content (AvgIpc) is 2.61. The zero-order chi connectivity index (χ0) is 16.8. The summed E-state index contributed by atoms with van der Waals surface area (Å²) >= 11 is 0. The molecular formula is C17H20O6. The second-order valence-electron chi connectivity index (χ2n) is 4.51. The third-order valence-corrected chi connectivity index (χ3v) is 3.21. The van der Waals surface area contributed by atoms with Crippen LogP contribution >= 0.6 is 0 Å². The summed E-state index contributed by atoms with van der Waals surface area (Å²) < 4.78 is 32.4. The molecule has 0 saturated heterocycles. The van der Waals surface area contributed by atoms with Crippen LogP contribution in [0.4, 0.5) is 0 Å². The highest BCUT2D eigenvalue weighted by molar-refractivity contribution is 5.58. The van der Waals surface area contributed by atoms with Crippen LogP contribution in [0, 0.1) is 0 Å². The van der Waals surface area contributed by atoms with Crippen LogP contribution in [0.2, 0.25) is 0 Å². The number of benzene rings is 2. The smallest absolute Gasteiger partial charge is 0.211 e. The van der Waals surface area contributed by atoms with Crippen LogP contribution in [0.5, 0.6) is 40.2 Å². The maximum absolute atomic E-state index is 5.94. The molecule has 2 aromatic carbocycles. The van der Waals surface area contributed by atoms with Crippen LogP contribution in [0.1, 0.15) is 0 Å². The van der Waals surface area contributed by atoms with Crippen LogP contribution in [0.25, 0.3) is 0 Å². The molecule has 0 radical (unpaired) electrons. The van der Waals surface area contributed by atoms with Crippen LogP contribution in [0.3, 0.4) is 0 Å². The lowest BCUT2D eigenvalue weighted by molar-refractivity contribution is 0.335. The zero-order valence-electron chi connectivity index (χ0n) is 13.8. The van der Waals surface area contributed by atoms with Gasteiger partial charge in [0.05, 0.1) is 35.5 Å². The summed E-state index contributed by atoms with van der Waals surface area (Å²) in [7, 11) is 7.82. The maximum Gasteiger partial charge on any atom is 0.211 e.